The van der Waals surface area contributed by atoms with E-state index >= 15 is 0 Å². The maximum Gasteiger partial charge on any atom is 0.0424 e. The molecule has 1 aliphatic heterocycles. The molecule has 1 aromatic carbocycles. The first kappa shape index (κ1) is 13.1. The molecular weight excluding hydrogens is 232 g/mol. The van der Waals surface area contributed by atoms with Crippen molar-refractivity contribution in [3.63, 3.8) is 0 Å². The molecule has 2 N–H and O–H groups in total. The molecule has 19 heavy (non-hydrogen) atoms. The van der Waals surface area contributed by atoms with E-state index in [1.54, 1.807) is 0 Å². The molecule has 2 nitrogen and oxygen atoms in total. The molecular formula is C17H26N2. The van der Waals surface area contributed by atoms with E-state index < -0.39 is 0 Å². The van der Waals surface area contributed by atoms with Gasteiger partial charge in [-0.1, -0.05) is 49.6 Å². The van der Waals surface area contributed by atoms with E-state index in [1.807, 2.05) is 0 Å². The third kappa shape index (κ3) is 3.18. The second-order valence-electron chi connectivity index (χ2n) is 6.37. The summed E-state index contributed by atoms with van der Waals surface area (Å²) in [7, 11) is 0. The highest BCUT2D eigenvalue weighted by Gasteiger charge is 2.31. The first-order valence-electron chi connectivity index (χ1n) is 7.86. The van der Waals surface area contributed by atoms with Gasteiger partial charge in [0, 0.05) is 19.1 Å². The van der Waals surface area contributed by atoms with Gasteiger partial charge in [0.25, 0.3) is 0 Å². The SMILES string of the molecule is NC(CN1CCC2CCCCC2C1)c1ccccc1. The number of nitrogens with zero attached hydrogens (tertiary/aromatic N) is 1. The van der Waals surface area contributed by atoms with Crippen LogP contribution in [0.3, 0.4) is 0 Å². The van der Waals surface area contributed by atoms with Crippen LogP contribution in [0.4, 0.5) is 0 Å². The van der Waals surface area contributed by atoms with E-state index in [9.17, 15) is 0 Å². The molecule has 3 unspecified atom stereocenters. The number of benzene rings is 1. The van der Waals surface area contributed by atoms with E-state index in [1.165, 1.54) is 50.8 Å². The number of piperidine rings is 1. The first-order valence-corrected chi connectivity index (χ1v) is 7.86. The maximum atomic E-state index is 6.35. The Morgan fingerprint density at radius 1 is 1.05 bits per heavy atom. The summed E-state index contributed by atoms with van der Waals surface area (Å²) in [5, 5.41) is 0. The summed E-state index contributed by atoms with van der Waals surface area (Å²) >= 11 is 0. The summed E-state index contributed by atoms with van der Waals surface area (Å²) in [6.07, 6.45) is 7.22. The summed E-state index contributed by atoms with van der Waals surface area (Å²) < 4.78 is 0. The van der Waals surface area contributed by atoms with Crippen molar-refractivity contribution >= 4 is 0 Å². The molecule has 0 amide bonds. The predicted octanol–water partition coefficient (Wildman–Crippen LogP) is 3.20. The summed E-state index contributed by atoms with van der Waals surface area (Å²) in [6, 6.07) is 10.7. The van der Waals surface area contributed by atoms with Crippen LogP contribution in [0.1, 0.15) is 43.7 Å². The zero-order valence-corrected chi connectivity index (χ0v) is 11.8. The lowest BCUT2D eigenvalue weighted by molar-refractivity contribution is 0.0828. The van der Waals surface area contributed by atoms with Crippen LogP contribution < -0.4 is 5.73 Å². The van der Waals surface area contributed by atoms with Crippen LogP contribution in [0.25, 0.3) is 0 Å². The van der Waals surface area contributed by atoms with Gasteiger partial charge in [-0.25, -0.2) is 0 Å². The van der Waals surface area contributed by atoms with E-state index in [-0.39, 0.29) is 6.04 Å². The van der Waals surface area contributed by atoms with Crippen LogP contribution in [0.2, 0.25) is 0 Å². The average Bonchev–Trinajstić information content (AvgIpc) is 2.48. The zero-order valence-electron chi connectivity index (χ0n) is 11.8. The lowest BCUT2D eigenvalue weighted by Gasteiger charge is -2.42. The highest BCUT2D eigenvalue weighted by atomic mass is 15.1. The molecule has 0 spiro atoms. The Hall–Kier alpha value is -0.860. The Bertz CT molecular complexity index is 390. The fraction of sp³-hybridized carbons (Fsp3) is 0.647. The maximum absolute atomic E-state index is 6.35. The van der Waals surface area contributed by atoms with E-state index in [2.05, 4.69) is 35.2 Å². The first-order chi connectivity index (χ1) is 9.33. The van der Waals surface area contributed by atoms with Crippen molar-refractivity contribution in [1.29, 1.82) is 0 Å². The second kappa shape index (κ2) is 6.06. The minimum absolute atomic E-state index is 0.168. The molecule has 0 bridgehead atoms. The third-order valence-electron chi connectivity index (χ3n) is 5.06. The van der Waals surface area contributed by atoms with Gasteiger partial charge in [-0.05, 0) is 36.8 Å². The Kier molecular flexibility index (Phi) is 4.19. The molecule has 2 aliphatic rings. The fourth-order valence-corrected chi connectivity index (χ4v) is 3.93. The highest BCUT2D eigenvalue weighted by molar-refractivity contribution is 5.18. The molecule has 0 radical (unpaired) electrons. The molecule has 3 rings (SSSR count). The molecule has 1 saturated carbocycles. The summed E-state index contributed by atoms with van der Waals surface area (Å²) in [5.41, 5.74) is 7.62. The monoisotopic (exact) mass is 258 g/mol. The quantitative estimate of drug-likeness (QED) is 0.902. The van der Waals surface area contributed by atoms with Crippen molar-refractivity contribution in [2.75, 3.05) is 19.6 Å². The van der Waals surface area contributed by atoms with Gasteiger partial charge in [0.1, 0.15) is 0 Å². The lowest BCUT2D eigenvalue weighted by Crippen LogP contribution is -2.44. The van der Waals surface area contributed by atoms with Crippen molar-refractivity contribution < 1.29 is 0 Å². The predicted molar refractivity (Wildman–Crippen MR) is 79.9 cm³/mol. The molecule has 104 valence electrons. The molecule has 1 heterocycles. The molecule has 1 aliphatic carbocycles. The van der Waals surface area contributed by atoms with Crippen molar-refractivity contribution in [2.24, 2.45) is 17.6 Å². The van der Waals surface area contributed by atoms with Crippen molar-refractivity contribution in [1.82, 2.24) is 4.90 Å². The van der Waals surface area contributed by atoms with Crippen molar-refractivity contribution in [3.8, 4) is 0 Å². The molecule has 3 atom stereocenters. The minimum Gasteiger partial charge on any atom is -0.323 e. The number of hydrogen-bond donors (Lipinski definition) is 1. The van der Waals surface area contributed by atoms with Crippen LogP contribution in [0.15, 0.2) is 30.3 Å². The van der Waals surface area contributed by atoms with Crippen LogP contribution in [0, 0.1) is 11.8 Å². The standard InChI is InChI=1S/C17H26N2/c18-17(15-7-2-1-3-8-15)13-19-11-10-14-6-4-5-9-16(14)12-19/h1-3,7-8,14,16-17H,4-6,9-13,18H2. The summed E-state index contributed by atoms with van der Waals surface area (Å²) in [4.78, 5) is 2.60. The number of nitrogens with two attached hydrogens (primary N) is 1. The zero-order chi connectivity index (χ0) is 13.1. The van der Waals surface area contributed by atoms with Gasteiger partial charge >= 0.3 is 0 Å². The lowest BCUT2D eigenvalue weighted by atomic mass is 9.75. The summed E-state index contributed by atoms with van der Waals surface area (Å²) in [6.45, 7) is 3.56. The Balaban J connectivity index is 1.56. The largest absolute Gasteiger partial charge is 0.323 e. The summed E-state index contributed by atoms with van der Waals surface area (Å²) in [5.74, 6) is 1.96. The Labute approximate surface area is 117 Å². The number of hydrogen-bond acceptors (Lipinski definition) is 2. The van der Waals surface area contributed by atoms with E-state index in [0.717, 1.165) is 18.4 Å². The van der Waals surface area contributed by atoms with Gasteiger partial charge < -0.3 is 10.6 Å². The number of fused-ring (bicyclic) bond motifs is 1. The Morgan fingerprint density at radius 3 is 2.58 bits per heavy atom. The van der Waals surface area contributed by atoms with Gasteiger partial charge in [-0.15, -0.1) is 0 Å². The number of rotatable bonds is 3. The van der Waals surface area contributed by atoms with Gasteiger partial charge in [-0.2, -0.15) is 0 Å². The van der Waals surface area contributed by atoms with Gasteiger partial charge in [0.05, 0.1) is 0 Å². The van der Waals surface area contributed by atoms with Crippen molar-refractivity contribution in [2.45, 2.75) is 38.1 Å². The van der Waals surface area contributed by atoms with Crippen molar-refractivity contribution in [3.05, 3.63) is 35.9 Å². The van der Waals surface area contributed by atoms with E-state index in [4.69, 9.17) is 5.73 Å². The molecule has 2 fully saturated rings. The smallest absolute Gasteiger partial charge is 0.0424 e. The molecule has 2 heteroatoms. The highest BCUT2D eigenvalue weighted by Crippen LogP contribution is 2.36. The normalized spacial score (nSPS) is 29.7. The van der Waals surface area contributed by atoms with Crippen LogP contribution >= 0.6 is 0 Å². The molecule has 0 aromatic heterocycles. The average molecular weight is 258 g/mol. The van der Waals surface area contributed by atoms with Gasteiger partial charge in [-0.3, -0.25) is 0 Å². The van der Waals surface area contributed by atoms with Crippen LogP contribution in [-0.2, 0) is 0 Å². The Morgan fingerprint density at radius 2 is 1.79 bits per heavy atom. The van der Waals surface area contributed by atoms with E-state index in [0.29, 0.717) is 0 Å². The van der Waals surface area contributed by atoms with Crippen LogP contribution in [0.5, 0.6) is 0 Å². The topological polar surface area (TPSA) is 29.3 Å². The second-order valence-corrected chi connectivity index (χ2v) is 6.37. The number of likely N-dealkylation sites (tertiary alicyclic amines) is 1. The molecule has 1 saturated heterocycles. The van der Waals surface area contributed by atoms with Crippen LogP contribution in [-0.4, -0.2) is 24.5 Å². The van der Waals surface area contributed by atoms with Gasteiger partial charge in [0.15, 0.2) is 0 Å². The third-order valence-corrected chi connectivity index (χ3v) is 5.06. The molecule has 1 aromatic rings. The minimum atomic E-state index is 0.168. The van der Waals surface area contributed by atoms with Gasteiger partial charge in [0.2, 0.25) is 0 Å². The fourth-order valence-electron chi connectivity index (χ4n) is 3.93.